The van der Waals surface area contributed by atoms with Crippen molar-refractivity contribution < 1.29 is 0 Å². The van der Waals surface area contributed by atoms with Crippen molar-refractivity contribution in [3.63, 3.8) is 0 Å². The monoisotopic (exact) mass is 278 g/mol. The molecule has 0 aliphatic heterocycles. The highest BCUT2D eigenvalue weighted by Crippen LogP contribution is 2.28. The van der Waals surface area contributed by atoms with E-state index in [1.54, 1.807) is 6.20 Å². The maximum Gasteiger partial charge on any atom is 0.0802 e. The largest absolute Gasteiger partial charge is 0.308 e. The van der Waals surface area contributed by atoms with Crippen LogP contribution in [0.4, 0.5) is 0 Å². The van der Waals surface area contributed by atoms with Crippen LogP contribution in [0.3, 0.4) is 0 Å². The van der Waals surface area contributed by atoms with E-state index in [1.165, 1.54) is 0 Å². The van der Waals surface area contributed by atoms with Gasteiger partial charge in [-0.25, -0.2) is 4.68 Å². The third-order valence-corrected chi connectivity index (χ3v) is 3.46. The van der Waals surface area contributed by atoms with E-state index in [-0.39, 0.29) is 6.04 Å². The molecule has 102 valence electrons. The van der Waals surface area contributed by atoms with Crippen molar-refractivity contribution in [1.29, 1.82) is 0 Å². The molecule has 1 aromatic heterocycles. The fraction of sp³-hybridized carbons (Fsp3) is 0.429. The van der Waals surface area contributed by atoms with E-state index >= 15 is 0 Å². The predicted octanol–water partition coefficient (Wildman–Crippen LogP) is 2.96. The zero-order valence-corrected chi connectivity index (χ0v) is 12.3. The Balaban J connectivity index is 2.41. The second-order valence-electron chi connectivity index (χ2n) is 4.63. The molecule has 0 saturated heterocycles. The maximum absolute atomic E-state index is 6.36. The number of benzene rings is 1. The number of hydrogen-bond donors (Lipinski definition) is 1. The number of aryl methyl sites for hydroxylation is 2. The van der Waals surface area contributed by atoms with Gasteiger partial charge in [0, 0.05) is 11.6 Å². The number of aromatic nitrogens is 3. The standard InChI is InChI=1S/C14H19ClN4/c1-4-7-19-13(9-17-18-19)14(16-3)11-6-5-10(2)8-12(11)15/h5-6,8-9,14,16H,4,7H2,1-3H3. The van der Waals surface area contributed by atoms with Crippen LogP contribution in [-0.4, -0.2) is 22.0 Å². The Bertz CT molecular complexity index is 550. The first kappa shape index (κ1) is 14.0. The van der Waals surface area contributed by atoms with Gasteiger partial charge in [-0.1, -0.05) is 35.9 Å². The molecule has 4 nitrogen and oxygen atoms in total. The summed E-state index contributed by atoms with van der Waals surface area (Å²) in [5.74, 6) is 0. The minimum Gasteiger partial charge on any atom is -0.308 e. The van der Waals surface area contributed by atoms with E-state index in [1.807, 2.05) is 24.7 Å². The van der Waals surface area contributed by atoms with E-state index in [0.29, 0.717) is 0 Å². The van der Waals surface area contributed by atoms with Gasteiger partial charge in [0.05, 0.1) is 17.9 Å². The van der Waals surface area contributed by atoms with Gasteiger partial charge in [-0.3, -0.25) is 0 Å². The molecule has 19 heavy (non-hydrogen) atoms. The lowest BCUT2D eigenvalue weighted by atomic mass is 10.0. The highest BCUT2D eigenvalue weighted by molar-refractivity contribution is 6.31. The molecule has 0 spiro atoms. The van der Waals surface area contributed by atoms with Crippen molar-refractivity contribution >= 4 is 11.6 Å². The Labute approximate surface area is 118 Å². The van der Waals surface area contributed by atoms with Gasteiger partial charge < -0.3 is 5.32 Å². The average Bonchev–Trinajstić information content (AvgIpc) is 2.82. The van der Waals surface area contributed by atoms with Crippen molar-refractivity contribution in [3.8, 4) is 0 Å². The highest BCUT2D eigenvalue weighted by atomic mass is 35.5. The minimum atomic E-state index is 0.00894. The molecule has 0 radical (unpaired) electrons. The van der Waals surface area contributed by atoms with Crippen LogP contribution in [0.25, 0.3) is 0 Å². The molecule has 0 fully saturated rings. The Morgan fingerprint density at radius 1 is 1.42 bits per heavy atom. The first-order valence-corrected chi connectivity index (χ1v) is 6.86. The van der Waals surface area contributed by atoms with Gasteiger partial charge in [0.15, 0.2) is 0 Å². The summed E-state index contributed by atoms with van der Waals surface area (Å²) in [4.78, 5) is 0. The topological polar surface area (TPSA) is 42.7 Å². The Kier molecular flexibility index (Phi) is 4.56. The smallest absolute Gasteiger partial charge is 0.0802 e. The van der Waals surface area contributed by atoms with Gasteiger partial charge >= 0.3 is 0 Å². The molecule has 0 saturated carbocycles. The fourth-order valence-electron chi connectivity index (χ4n) is 2.20. The van der Waals surface area contributed by atoms with Crippen LogP contribution in [0.5, 0.6) is 0 Å². The van der Waals surface area contributed by atoms with E-state index in [9.17, 15) is 0 Å². The molecule has 0 aliphatic carbocycles. The molecule has 2 rings (SSSR count). The van der Waals surface area contributed by atoms with Crippen LogP contribution >= 0.6 is 11.6 Å². The summed E-state index contributed by atoms with van der Waals surface area (Å²) in [5.41, 5.74) is 3.24. The zero-order chi connectivity index (χ0) is 13.8. The summed E-state index contributed by atoms with van der Waals surface area (Å²) in [6.45, 7) is 5.02. The van der Waals surface area contributed by atoms with Crippen LogP contribution in [-0.2, 0) is 6.54 Å². The van der Waals surface area contributed by atoms with Crippen molar-refractivity contribution in [1.82, 2.24) is 20.3 Å². The van der Waals surface area contributed by atoms with Crippen LogP contribution in [0.15, 0.2) is 24.4 Å². The molecule has 5 heteroatoms. The number of nitrogens with zero attached hydrogens (tertiary/aromatic N) is 3. The lowest BCUT2D eigenvalue weighted by Crippen LogP contribution is -2.22. The Morgan fingerprint density at radius 3 is 2.84 bits per heavy atom. The summed E-state index contributed by atoms with van der Waals surface area (Å²) >= 11 is 6.36. The van der Waals surface area contributed by atoms with Gasteiger partial charge in [-0.15, -0.1) is 5.10 Å². The number of hydrogen-bond acceptors (Lipinski definition) is 3. The lowest BCUT2D eigenvalue weighted by Gasteiger charge is -2.19. The Morgan fingerprint density at radius 2 is 2.21 bits per heavy atom. The molecule has 2 aromatic rings. The summed E-state index contributed by atoms with van der Waals surface area (Å²) in [5, 5.41) is 12.2. The van der Waals surface area contributed by atoms with E-state index in [0.717, 1.165) is 34.8 Å². The van der Waals surface area contributed by atoms with E-state index < -0.39 is 0 Å². The summed E-state index contributed by atoms with van der Waals surface area (Å²) in [7, 11) is 1.92. The second kappa shape index (κ2) is 6.17. The first-order valence-electron chi connectivity index (χ1n) is 6.49. The van der Waals surface area contributed by atoms with E-state index in [2.05, 4.69) is 34.7 Å². The lowest BCUT2D eigenvalue weighted by molar-refractivity contribution is 0.523. The average molecular weight is 279 g/mol. The predicted molar refractivity (Wildman–Crippen MR) is 77.4 cm³/mol. The molecule has 1 N–H and O–H groups in total. The molecular formula is C14H19ClN4. The molecule has 1 unspecified atom stereocenters. The summed E-state index contributed by atoms with van der Waals surface area (Å²) < 4.78 is 1.93. The van der Waals surface area contributed by atoms with Gasteiger partial charge in [0.2, 0.25) is 0 Å². The zero-order valence-electron chi connectivity index (χ0n) is 11.5. The fourth-order valence-corrected chi connectivity index (χ4v) is 2.55. The van der Waals surface area contributed by atoms with Crippen LogP contribution in [0, 0.1) is 6.92 Å². The highest BCUT2D eigenvalue weighted by Gasteiger charge is 2.19. The van der Waals surface area contributed by atoms with Crippen LogP contribution in [0.2, 0.25) is 5.02 Å². The molecular weight excluding hydrogens is 260 g/mol. The molecule has 0 aliphatic rings. The molecule has 1 atom stereocenters. The van der Waals surface area contributed by atoms with Crippen molar-refractivity contribution in [3.05, 3.63) is 46.2 Å². The van der Waals surface area contributed by atoms with Gasteiger partial charge in [0.25, 0.3) is 0 Å². The van der Waals surface area contributed by atoms with Crippen molar-refractivity contribution in [2.24, 2.45) is 0 Å². The third kappa shape index (κ3) is 2.96. The maximum atomic E-state index is 6.36. The summed E-state index contributed by atoms with van der Waals surface area (Å²) in [6.07, 6.45) is 2.82. The second-order valence-corrected chi connectivity index (χ2v) is 5.04. The first-order chi connectivity index (χ1) is 9.17. The number of nitrogens with one attached hydrogen (secondary N) is 1. The summed E-state index contributed by atoms with van der Waals surface area (Å²) in [6, 6.07) is 6.12. The van der Waals surface area contributed by atoms with Crippen molar-refractivity contribution in [2.45, 2.75) is 32.9 Å². The van der Waals surface area contributed by atoms with Gasteiger partial charge in [0.1, 0.15) is 0 Å². The SMILES string of the molecule is CCCn1nncc1C(NC)c1ccc(C)cc1Cl. The van der Waals surface area contributed by atoms with Crippen molar-refractivity contribution in [2.75, 3.05) is 7.05 Å². The minimum absolute atomic E-state index is 0.00894. The quantitative estimate of drug-likeness (QED) is 0.914. The third-order valence-electron chi connectivity index (χ3n) is 3.13. The van der Waals surface area contributed by atoms with Crippen LogP contribution < -0.4 is 5.32 Å². The van der Waals surface area contributed by atoms with Crippen LogP contribution in [0.1, 0.15) is 36.2 Å². The molecule has 0 bridgehead atoms. The molecule has 1 heterocycles. The normalized spacial score (nSPS) is 12.6. The van der Waals surface area contributed by atoms with E-state index in [4.69, 9.17) is 11.6 Å². The number of halogens is 1. The molecule has 1 aromatic carbocycles. The van der Waals surface area contributed by atoms with Gasteiger partial charge in [-0.2, -0.15) is 0 Å². The van der Waals surface area contributed by atoms with Gasteiger partial charge in [-0.05, 0) is 37.6 Å². The molecule has 0 amide bonds. The Hall–Kier alpha value is -1.39. The number of rotatable bonds is 5.